The molecule has 122 valence electrons. The van der Waals surface area contributed by atoms with E-state index in [9.17, 15) is 9.18 Å². The van der Waals surface area contributed by atoms with E-state index in [0.717, 1.165) is 31.6 Å². The minimum atomic E-state index is -0.181. The molecule has 0 aliphatic carbocycles. The largest absolute Gasteiger partial charge is 0.313 e. The first-order valence-electron chi connectivity index (χ1n) is 8.22. The lowest BCUT2D eigenvalue weighted by atomic mass is 9.99. The highest BCUT2D eigenvalue weighted by Crippen LogP contribution is 2.28. The molecule has 1 aliphatic rings. The Morgan fingerprint density at radius 2 is 1.91 bits per heavy atom. The van der Waals surface area contributed by atoms with E-state index >= 15 is 0 Å². The third kappa shape index (κ3) is 3.70. The van der Waals surface area contributed by atoms with E-state index < -0.39 is 0 Å². The molecule has 0 saturated carbocycles. The molecule has 1 unspecified atom stereocenters. The topological polar surface area (TPSA) is 25.2 Å². The van der Waals surface area contributed by atoms with Crippen molar-refractivity contribution in [2.75, 3.05) is 13.1 Å². The summed E-state index contributed by atoms with van der Waals surface area (Å²) in [5.41, 5.74) is 2.42. The highest BCUT2D eigenvalue weighted by Gasteiger charge is 2.24. The Balaban J connectivity index is 1.67. The van der Waals surface area contributed by atoms with Crippen LogP contribution in [0.2, 0.25) is 0 Å². The van der Waals surface area contributed by atoms with Crippen molar-refractivity contribution >= 4 is 0 Å². The zero-order chi connectivity index (χ0) is 16.4. The first-order valence-corrected chi connectivity index (χ1v) is 8.22. The Bertz CT molecular complexity index is 721. The maximum absolute atomic E-state index is 13.0. The van der Waals surface area contributed by atoms with E-state index in [-0.39, 0.29) is 17.4 Å². The molecular weight excluding hydrogens is 291 g/mol. The van der Waals surface area contributed by atoms with Gasteiger partial charge in [0.1, 0.15) is 5.82 Å². The summed E-state index contributed by atoms with van der Waals surface area (Å²) < 4.78 is 14.8. The second kappa shape index (κ2) is 6.67. The number of hydrogen-bond donors (Lipinski definition) is 0. The van der Waals surface area contributed by atoms with E-state index in [1.165, 1.54) is 17.7 Å². The average Bonchev–Trinajstić information content (AvgIpc) is 2.98. The van der Waals surface area contributed by atoms with Gasteiger partial charge in [0.2, 0.25) is 0 Å². The summed E-state index contributed by atoms with van der Waals surface area (Å²) in [5.74, 6) is 0.283. The molecule has 23 heavy (non-hydrogen) atoms. The summed E-state index contributed by atoms with van der Waals surface area (Å²) in [6, 6.07) is 10.6. The number of hydrogen-bond acceptors (Lipinski definition) is 2. The van der Waals surface area contributed by atoms with Gasteiger partial charge in [0.05, 0.1) is 0 Å². The van der Waals surface area contributed by atoms with Crippen LogP contribution in [0.15, 0.2) is 47.4 Å². The quantitative estimate of drug-likeness (QED) is 0.862. The Morgan fingerprint density at radius 1 is 1.17 bits per heavy atom. The Labute approximate surface area is 136 Å². The van der Waals surface area contributed by atoms with E-state index in [0.29, 0.717) is 5.92 Å². The molecule has 1 saturated heterocycles. The Hall–Kier alpha value is -1.94. The molecule has 1 aliphatic heterocycles. The van der Waals surface area contributed by atoms with Crippen LogP contribution in [0.3, 0.4) is 0 Å². The van der Waals surface area contributed by atoms with Crippen molar-refractivity contribution in [3.05, 3.63) is 69.9 Å². The monoisotopic (exact) mass is 314 g/mol. The summed E-state index contributed by atoms with van der Waals surface area (Å²) in [7, 11) is 0. The van der Waals surface area contributed by atoms with Crippen LogP contribution >= 0.6 is 0 Å². The highest BCUT2D eigenvalue weighted by molar-refractivity contribution is 5.22. The first kappa shape index (κ1) is 15.9. The molecule has 1 aromatic carbocycles. The van der Waals surface area contributed by atoms with Gasteiger partial charge in [0.25, 0.3) is 5.56 Å². The molecule has 2 heterocycles. The van der Waals surface area contributed by atoms with Gasteiger partial charge < -0.3 is 4.57 Å². The molecule has 1 atom stereocenters. The van der Waals surface area contributed by atoms with Crippen molar-refractivity contribution in [1.29, 1.82) is 0 Å². The maximum Gasteiger partial charge on any atom is 0.250 e. The van der Waals surface area contributed by atoms with Crippen molar-refractivity contribution in [1.82, 2.24) is 9.47 Å². The predicted octanol–water partition coefficient (Wildman–Crippen LogP) is 3.56. The van der Waals surface area contributed by atoms with E-state index in [2.05, 4.69) is 4.90 Å². The van der Waals surface area contributed by atoms with Gasteiger partial charge in [-0.3, -0.25) is 9.69 Å². The zero-order valence-electron chi connectivity index (χ0n) is 13.7. The van der Waals surface area contributed by atoms with Gasteiger partial charge in [-0.2, -0.15) is 0 Å². The van der Waals surface area contributed by atoms with Gasteiger partial charge in [-0.1, -0.05) is 18.2 Å². The molecule has 3 nitrogen and oxygen atoms in total. The molecule has 1 fully saturated rings. The number of aromatic nitrogens is 1. The number of nitrogens with zero attached hydrogens (tertiary/aromatic N) is 2. The molecule has 0 amide bonds. The highest BCUT2D eigenvalue weighted by atomic mass is 19.1. The van der Waals surface area contributed by atoms with Crippen LogP contribution < -0.4 is 5.56 Å². The number of rotatable bonds is 4. The summed E-state index contributed by atoms with van der Waals surface area (Å²) >= 11 is 0. The SMILES string of the molecule is CC(C)n1cc(CN2CCC(c3ccc(F)cc3)C2)ccc1=O. The first-order chi connectivity index (χ1) is 11.0. The van der Waals surface area contributed by atoms with Crippen molar-refractivity contribution in [2.24, 2.45) is 0 Å². The number of likely N-dealkylation sites (tertiary alicyclic amines) is 1. The number of halogens is 1. The van der Waals surface area contributed by atoms with Crippen LogP contribution in [0.1, 0.15) is 43.4 Å². The molecule has 0 N–H and O–H groups in total. The van der Waals surface area contributed by atoms with Gasteiger partial charge in [0, 0.05) is 31.4 Å². The lowest BCUT2D eigenvalue weighted by Gasteiger charge is -2.18. The van der Waals surface area contributed by atoms with Gasteiger partial charge in [-0.05, 0) is 56.0 Å². The Kier molecular flexibility index (Phi) is 4.62. The molecule has 2 aromatic rings. The lowest BCUT2D eigenvalue weighted by Crippen LogP contribution is -2.24. The summed E-state index contributed by atoms with van der Waals surface area (Å²) in [6.07, 6.45) is 3.06. The molecule has 0 spiro atoms. The fraction of sp³-hybridized carbons (Fsp3) is 0.421. The van der Waals surface area contributed by atoms with Gasteiger partial charge in [0.15, 0.2) is 0 Å². The number of benzene rings is 1. The van der Waals surface area contributed by atoms with Crippen LogP contribution in [0, 0.1) is 5.82 Å². The average molecular weight is 314 g/mol. The van der Waals surface area contributed by atoms with Gasteiger partial charge >= 0.3 is 0 Å². The molecular formula is C19H23FN2O. The Morgan fingerprint density at radius 3 is 2.61 bits per heavy atom. The molecule has 4 heteroatoms. The summed E-state index contributed by atoms with van der Waals surface area (Å²) in [6.45, 7) is 6.90. The van der Waals surface area contributed by atoms with Crippen molar-refractivity contribution in [2.45, 2.75) is 38.8 Å². The smallest absolute Gasteiger partial charge is 0.250 e. The van der Waals surface area contributed by atoms with E-state index in [4.69, 9.17) is 0 Å². The maximum atomic E-state index is 13.0. The van der Waals surface area contributed by atoms with Crippen LogP contribution in [0.4, 0.5) is 4.39 Å². The predicted molar refractivity (Wildman–Crippen MR) is 90.1 cm³/mol. The van der Waals surface area contributed by atoms with Crippen LogP contribution in [-0.2, 0) is 6.54 Å². The van der Waals surface area contributed by atoms with E-state index in [1.807, 2.05) is 38.2 Å². The lowest BCUT2D eigenvalue weighted by molar-refractivity contribution is 0.325. The molecule has 0 radical (unpaired) electrons. The van der Waals surface area contributed by atoms with Crippen molar-refractivity contribution < 1.29 is 4.39 Å². The second-order valence-electron chi connectivity index (χ2n) is 6.65. The fourth-order valence-electron chi connectivity index (χ4n) is 3.29. The summed E-state index contributed by atoms with van der Waals surface area (Å²) in [4.78, 5) is 14.2. The molecule has 0 bridgehead atoms. The van der Waals surface area contributed by atoms with Crippen molar-refractivity contribution in [3.8, 4) is 0 Å². The van der Waals surface area contributed by atoms with Crippen molar-refractivity contribution in [3.63, 3.8) is 0 Å². The third-order valence-electron chi connectivity index (χ3n) is 4.58. The summed E-state index contributed by atoms with van der Waals surface area (Å²) in [5, 5.41) is 0. The second-order valence-corrected chi connectivity index (χ2v) is 6.65. The van der Waals surface area contributed by atoms with Crippen LogP contribution in [0.25, 0.3) is 0 Å². The minimum absolute atomic E-state index is 0.0503. The van der Waals surface area contributed by atoms with E-state index in [1.54, 1.807) is 10.6 Å². The minimum Gasteiger partial charge on any atom is -0.313 e. The standard InChI is InChI=1S/C19H23FN2O/c1-14(2)22-12-15(3-8-19(22)23)11-21-10-9-17(13-21)16-4-6-18(20)7-5-16/h3-8,12,14,17H,9-11,13H2,1-2H3. The van der Waals surface area contributed by atoms with Crippen LogP contribution in [0.5, 0.6) is 0 Å². The zero-order valence-corrected chi connectivity index (χ0v) is 13.7. The van der Waals surface area contributed by atoms with Crippen LogP contribution in [-0.4, -0.2) is 22.6 Å². The molecule has 3 rings (SSSR count). The number of pyridine rings is 1. The third-order valence-corrected chi connectivity index (χ3v) is 4.58. The van der Waals surface area contributed by atoms with Gasteiger partial charge in [-0.15, -0.1) is 0 Å². The van der Waals surface area contributed by atoms with Gasteiger partial charge in [-0.25, -0.2) is 4.39 Å². The normalized spacial score (nSPS) is 18.7. The molecule has 1 aromatic heterocycles. The fourth-order valence-corrected chi connectivity index (χ4v) is 3.29.